The molecule has 0 aliphatic rings. The lowest BCUT2D eigenvalue weighted by Crippen LogP contribution is -2.29. The van der Waals surface area contributed by atoms with Crippen LogP contribution in [0.3, 0.4) is 0 Å². The SMILES string of the molecule is COc1ccc(Cl)cc1NC(=O)[C@H](C)OC(=O)/C=C/c1ccc(C#N)cc1. The molecule has 0 heterocycles. The predicted molar refractivity (Wildman–Crippen MR) is 102 cm³/mol. The van der Waals surface area contributed by atoms with E-state index < -0.39 is 18.0 Å². The van der Waals surface area contributed by atoms with Gasteiger partial charge in [0.15, 0.2) is 6.10 Å². The van der Waals surface area contributed by atoms with Crippen LogP contribution in [0, 0.1) is 11.3 Å². The molecule has 0 radical (unpaired) electrons. The Hall–Kier alpha value is -3.30. The predicted octanol–water partition coefficient (Wildman–Crippen LogP) is 3.80. The summed E-state index contributed by atoms with van der Waals surface area (Å²) in [6, 6.07) is 13.5. The van der Waals surface area contributed by atoms with Gasteiger partial charge in [0.05, 0.1) is 24.4 Å². The Morgan fingerprint density at radius 1 is 1.22 bits per heavy atom. The van der Waals surface area contributed by atoms with Gasteiger partial charge >= 0.3 is 5.97 Å². The van der Waals surface area contributed by atoms with Crippen molar-refractivity contribution in [2.75, 3.05) is 12.4 Å². The number of nitrogens with one attached hydrogen (secondary N) is 1. The van der Waals surface area contributed by atoms with E-state index in [4.69, 9.17) is 26.3 Å². The smallest absolute Gasteiger partial charge is 0.331 e. The first kappa shape index (κ1) is 20.0. The van der Waals surface area contributed by atoms with Crippen LogP contribution in [0.2, 0.25) is 5.02 Å². The minimum Gasteiger partial charge on any atom is -0.495 e. The number of nitrogens with zero attached hydrogens (tertiary/aromatic N) is 1. The first-order valence-electron chi connectivity index (χ1n) is 7.96. The molecule has 0 fully saturated rings. The first-order chi connectivity index (χ1) is 12.9. The van der Waals surface area contributed by atoms with Gasteiger partial charge in [0.25, 0.3) is 5.91 Å². The number of nitriles is 1. The second kappa shape index (κ2) is 9.41. The summed E-state index contributed by atoms with van der Waals surface area (Å²) >= 11 is 5.92. The highest BCUT2D eigenvalue weighted by Crippen LogP contribution is 2.27. The average Bonchev–Trinajstić information content (AvgIpc) is 2.67. The summed E-state index contributed by atoms with van der Waals surface area (Å²) in [5, 5.41) is 11.8. The van der Waals surface area contributed by atoms with E-state index in [1.54, 1.807) is 36.4 Å². The number of carbonyl (C=O) groups excluding carboxylic acids is 2. The van der Waals surface area contributed by atoms with Crippen molar-refractivity contribution in [3.63, 3.8) is 0 Å². The zero-order valence-electron chi connectivity index (χ0n) is 14.7. The molecule has 0 bridgehead atoms. The zero-order valence-corrected chi connectivity index (χ0v) is 15.5. The van der Waals surface area contributed by atoms with E-state index in [2.05, 4.69) is 5.32 Å². The molecule has 27 heavy (non-hydrogen) atoms. The summed E-state index contributed by atoms with van der Waals surface area (Å²) in [7, 11) is 1.47. The van der Waals surface area contributed by atoms with Crippen molar-refractivity contribution in [2.45, 2.75) is 13.0 Å². The molecule has 1 atom stereocenters. The van der Waals surface area contributed by atoms with Gasteiger partial charge < -0.3 is 14.8 Å². The van der Waals surface area contributed by atoms with E-state index in [1.807, 2.05) is 6.07 Å². The molecule has 0 aliphatic heterocycles. The van der Waals surface area contributed by atoms with Crippen molar-refractivity contribution in [3.05, 3.63) is 64.7 Å². The molecule has 0 spiro atoms. The van der Waals surface area contributed by atoms with Crippen LogP contribution in [-0.2, 0) is 14.3 Å². The number of carbonyl (C=O) groups is 2. The molecule has 0 unspecified atom stereocenters. The number of halogens is 1. The highest BCUT2D eigenvalue weighted by Gasteiger charge is 2.18. The Morgan fingerprint density at radius 2 is 1.93 bits per heavy atom. The van der Waals surface area contributed by atoms with E-state index in [9.17, 15) is 9.59 Å². The Labute approximate surface area is 162 Å². The van der Waals surface area contributed by atoms with Crippen LogP contribution in [0.1, 0.15) is 18.1 Å². The van der Waals surface area contributed by atoms with Crippen molar-refractivity contribution < 1.29 is 19.1 Å². The Kier molecular flexibility index (Phi) is 6.98. The second-order valence-corrected chi connectivity index (χ2v) is 5.92. The van der Waals surface area contributed by atoms with Crippen LogP contribution in [0.5, 0.6) is 5.75 Å². The Morgan fingerprint density at radius 3 is 2.56 bits per heavy atom. The Bertz CT molecular complexity index is 901. The normalized spacial score (nSPS) is 11.5. The molecule has 1 amide bonds. The van der Waals surface area contributed by atoms with Gasteiger partial charge in [0.2, 0.25) is 0 Å². The van der Waals surface area contributed by atoms with Crippen LogP contribution in [-0.4, -0.2) is 25.1 Å². The minimum absolute atomic E-state index is 0.381. The standard InChI is InChI=1S/C20H17ClN2O4/c1-13(20(25)23-17-11-16(21)8-9-18(17)26-2)27-19(24)10-7-14-3-5-15(12-22)6-4-14/h3-11,13H,1-2H3,(H,23,25)/b10-7+/t13-/m0/s1. The van der Waals surface area contributed by atoms with Gasteiger partial charge in [-0.15, -0.1) is 0 Å². The van der Waals surface area contributed by atoms with Gasteiger partial charge in [-0.2, -0.15) is 5.26 Å². The van der Waals surface area contributed by atoms with Gasteiger partial charge in [-0.1, -0.05) is 23.7 Å². The van der Waals surface area contributed by atoms with Crippen LogP contribution in [0.25, 0.3) is 6.08 Å². The van der Waals surface area contributed by atoms with Crippen LogP contribution in [0.4, 0.5) is 5.69 Å². The number of amides is 1. The van der Waals surface area contributed by atoms with E-state index in [0.29, 0.717) is 22.0 Å². The number of hydrogen-bond acceptors (Lipinski definition) is 5. The molecule has 0 saturated carbocycles. The van der Waals surface area contributed by atoms with Gasteiger partial charge in [0.1, 0.15) is 5.75 Å². The van der Waals surface area contributed by atoms with Crippen LogP contribution < -0.4 is 10.1 Å². The maximum absolute atomic E-state index is 12.2. The minimum atomic E-state index is -1.02. The largest absolute Gasteiger partial charge is 0.495 e. The molecular formula is C20H17ClN2O4. The molecule has 6 nitrogen and oxygen atoms in total. The summed E-state index contributed by atoms with van der Waals surface area (Å²) < 4.78 is 10.2. The maximum atomic E-state index is 12.2. The third-order valence-corrected chi connectivity index (χ3v) is 3.77. The molecule has 2 aromatic rings. The number of ether oxygens (including phenoxy) is 2. The maximum Gasteiger partial charge on any atom is 0.331 e. The number of anilines is 1. The molecule has 0 saturated heterocycles. The molecule has 2 aromatic carbocycles. The van der Waals surface area contributed by atoms with Crippen molar-refractivity contribution in [1.82, 2.24) is 0 Å². The highest BCUT2D eigenvalue weighted by molar-refractivity contribution is 6.31. The topological polar surface area (TPSA) is 88.4 Å². The zero-order chi connectivity index (χ0) is 19.8. The van der Waals surface area contributed by atoms with E-state index in [1.165, 1.54) is 32.3 Å². The molecule has 2 rings (SSSR count). The van der Waals surface area contributed by atoms with Crippen molar-refractivity contribution >= 4 is 35.2 Å². The van der Waals surface area contributed by atoms with Gasteiger partial charge in [-0.25, -0.2) is 4.79 Å². The summed E-state index contributed by atoms with van der Waals surface area (Å²) in [5.41, 5.74) is 1.63. The fourth-order valence-corrected chi connectivity index (χ4v) is 2.28. The monoisotopic (exact) mass is 384 g/mol. The number of methoxy groups -OCH3 is 1. The second-order valence-electron chi connectivity index (χ2n) is 5.48. The van der Waals surface area contributed by atoms with Crippen molar-refractivity contribution in [2.24, 2.45) is 0 Å². The van der Waals surface area contributed by atoms with Gasteiger partial charge in [-0.05, 0) is 48.9 Å². The molecule has 138 valence electrons. The van der Waals surface area contributed by atoms with Crippen LogP contribution >= 0.6 is 11.6 Å². The lowest BCUT2D eigenvalue weighted by Gasteiger charge is -2.14. The number of hydrogen-bond donors (Lipinski definition) is 1. The lowest BCUT2D eigenvalue weighted by molar-refractivity contribution is -0.148. The quantitative estimate of drug-likeness (QED) is 0.604. The molecule has 0 aromatic heterocycles. The van der Waals surface area contributed by atoms with Gasteiger partial charge in [-0.3, -0.25) is 4.79 Å². The number of esters is 1. The third-order valence-electron chi connectivity index (χ3n) is 3.53. The third kappa shape index (κ3) is 5.87. The molecule has 0 aliphatic carbocycles. The fraction of sp³-hybridized carbons (Fsp3) is 0.150. The number of benzene rings is 2. The summed E-state index contributed by atoms with van der Waals surface area (Å²) in [6.07, 6.45) is 1.73. The summed E-state index contributed by atoms with van der Waals surface area (Å²) in [4.78, 5) is 24.1. The summed E-state index contributed by atoms with van der Waals surface area (Å²) in [6.45, 7) is 1.46. The van der Waals surface area contributed by atoms with Crippen molar-refractivity contribution in [3.8, 4) is 11.8 Å². The summed E-state index contributed by atoms with van der Waals surface area (Å²) in [5.74, 6) is -0.747. The van der Waals surface area contributed by atoms with E-state index >= 15 is 0 Å². The van der Waals surface area contributed by atoms with Gasteiger partial charge in [0, 0.05) is 11.1 Å². The van der Waals surface area contributed by atoms with E-state index in [-0.39, 0.29) is 0 Å². The van der Waals surface area contributed by atoms with E-state index in [0.717, 1.165) is 5.56 Å². The lowest BCUT2D eigenvalue weighted by atomic mass is 10.1. The molecular weight excluding hydrogens is 368 g/mol. The van der Waals surface area contributed by atoms with Crippen molar-refractivity contribution in [1.29, 1.82) is 5.26 Å². The fourth-order valence-electron chi connectivity index (χ4n) is 2.11. The Balaban J connectivity index is 1.95. The molecule has 1 N–H and O–H groups in total. The number of rotatable bonds is 6. The van der Waals surface area contributed by atoms with Crippen LogP contribution in [0.15, 0.2) is 48.5 Å². The first-order valence-corrected chi connectivity index (χ1v) is 8.34. The molecule has 7 heteroatoms. The highest BCUT2D eigenvalue weighted by atomic mass is 35.5. The average molecular weight is 385 g/mol.